The normalized spacial score (nSPS) is 32.3. The number of Topliss-reactive ketones (excluding diaryl/α,β-unsaturated/α-hetero) is 1. The number of fused-ring (bicyclic) bond motifs is 2. The summed E-state index contributed by atoms with van der Waals surface area (Å²) in [4.78, 5) is 14.0. The van der Waals surface area contributed by atoms with Gasteiger partial charge in [0.15, 0.2) is 5.75 Å². The molecule has 2 aromatic carbocycles. The first kappa shape index (κ1) is 23.2. The number of carbonyl (C=O) groups is 1. The standard InChI is InChI=1S/C25H29ClN2O6/c1-12-10-15-18(21(28(2)27-15)13-6-8-14(31-3)9-7-13)23(29)25(12)24(30)19-16(32-4)11-17(33-5)20(26)22(19)34-25/h6-9,11-12,15,18,21,23,27,29H,10H2,1-5H3/t12-,15?,18?,21?,23?,25+/m1/s1. The van der Waals surface area contributed by atoms with E-state index in [9.17, 15) is 9.90 Å². The largest absolute Gasteiger partial charge is 0.497 e. The number of carbonyl (C=O) groups excluding carboxylic acids is 1. The van der Waals surface area contributed by atoms with E-state index in [1.54, 1.807) is 13.2 Å². The zero-order valence-electron chi connectivity index (χ0n) is 19.8. The first-order valence-corrected chi connectivity index (χ1v) is 11.7. The zero-order valence-corrected chi connectivity index (χ0v) is 20.6. The number of aliphatic hydroxyl groups excluding tert-OH is 1. The fourth-order valence-corrected chi connectivity index (χ4v) is 6.29. The lowest BCUT2D eigenvalue weighted by atomic mass is 9.63. The maximum atomic E-state index is 14.0. The Kier molecular flexibility index (Phi) is 5.67. The van der Waals surface area contributed by atoms with E-state index in [2.05, 4.69) is 5.43 Å². The van der Waals surface area contributed by atoms with Gasteiger partial charge >= 0.3 is 0 Å². The van der Waals surface area contributed by atoms with Gasteiger partial charge < -0.3 is 24.1 Å². The summed E-state index contributed by atoms with van der Waals surface area (Å²) in [5.74, 6) is 0.705. The molecule has 0 bridgehead atoms. The lowest BCUT2D eigenvalue weighted by Crippen LogP contribution is -2.65. The van der Waals surface area contributed by atoms with Gasteiger partial charge in [-0.3, -0.25) is 10.2 Å². The number of hydrogen-bond acceptors (Lipinski definition) is 8. The summed E-state index contributed by atoms with van der Waals surface area (Å²) in [6.07, 6.45) is -0.465. The first-order chi connectivity index (χ1) is 16.3. The first-order valence-electron chi connectivity index (χ1n) is 11.3. The highest BCUT2D eigenvalue weighted by molar-refractivity contribution is 6.35. The quantitative estimate of drug-likeness (QED) is 0.678. The predicted molar refractivity (Wildman–Crippen MR) is 126 cm³/mol. The summed E-state index contributed by atoms with van der Waals surface area (Å²) in [6.45, 7) is 1.93. The summed E-state index contributed by atoms with van der Waals surface area (Å²) >= 11 is 6.56. The van der Waals surface area contributed by atoms with Crippen molar-refractivity contribution in [2.75, 3.05) is 28.4 Å². The van der Waals surface area contributed by atoms with Crippen LogP contribution in [0.25, 0.3) is 0 Å². The molecule has 3 aliphatic rings. The van der Waals surface area contributed by atoms with Crippen molar-refractivity contribution < 1.29 is 28.8 Å². The number of hydrogen-bond donors (Lipinski definition) is 2. The van der Waals surface area contributed by atoms with Gasteiger partial charge in [0.05, 0.1) is 27.4 Å². The minimum Gasteiger partial charge on any atom is -0.497 e. The van der Waals surface area contributed by atoms with Crippen LogP contribution in [-0.2, 0) is 0 Å². The highest BCUT2D eigenvalue weighted by atomic mass is 35.5. The molecular formula is C25H29ClN2O6. The van der Waals surface area contributed by atoms with E-state index in [1.165, 1.54) is 14.2 Å². The van der Waals surface area contributed by atoms with Crippen molar-refractivity contribution in [1.29, 1.82) is 0 Å². The molecule has 9 heteroatoms. The molecule has 5 rings (SSSR count). The minimum atomic E-state index is -1.48. The van der Waals surface area contributed by atoms with Gasteiger partial charge in [0.25, 0.3) is 0 Å². The summed E-state index contributed by atoms with van der Waals surface area (Å²) in [5.41, 5.74) is 3.27. The van der Waals surface area contributed by atoms with Gasteiger partial charge in [-0.25, -0.2) is 5.01 Å². The Bertz CT molecular complexity index is 1130. The van der Waals surface area contributed by atoms with Gasteiger partial charge in [0.2, 0.25) is 11.4 Å². The average molecular weight is 489 g/mol. The summed E-state index contributed by atoms with van der Waals surface area (Å²) in [7, 11) is 6.54. The van der Waals surface area contributed by atoms with Crippen LogP contribution in [0.5, 0.6) is 23.0 Å². The predicted octanol–water partition coefficient (Wildman–Crippen LogP) is 3.26. The second-order valence-electron chi connectivity index (χ2n) is 9.25. The Morgan fingerprint density at radius 1 is 1.15 bits per heavy atom. The zero-order chi connectivity index (χ0) is 24.4. The van der Waals surface area contributed by atoms with Gasteiger partial charge in [-0.05, 0) is 24.1 Å². The molecule has 0 amide bonds. The van der Waals surface area contributed by atoms with E-state index in [-0.39, 0.29) is 46.0 Å². The maximum Gasteiger partial charge on any atom is 0.216 e. The van der Waals surface area contributed by atoms with E-state index in [1.807, 2.05) is 43.2 Å². The molecule has 182 valence electrons. The number of methoxy groups -OCH3 is 3. The van der Waals surface area contributed by atoms with Crippen molar-refractivity contribution in [3.05, 3.63) is 46.5 Å². The number of rotatable bonds is 4. The number of nitrogens with one attached hydrogen (secondary N) is 1. The molecule has 0 radical (unpaired) electrons. The van der Waals surface area contributed by atoms with Crippen molar-refractivity contribution in [3.8, 4) is 23.0 Å². The van der Waals surface area contributed by atoms with Crippen molar-refractivity contribution in [1.82, 2.24) is 10.4 Å². The summed E-state index contributed by atoms with van der Waals surface area (Å²) in [5, 5.41) is 14.1. The van der Waals surface area contributed by atoms with E-state index in [0.29, 0.717) is 17.9 Å². The topological polar surface area (TPSA) is 89.5 Å². The van der Waals surface area contributed by atoms with Crippen molar-refractivity contribution >= 4 is 17.4 Å². The third-order valence-corrected chi connectivity index (χ3v) is 8.02. The highest BCUT2D eigenvalue weighted by Crippen LogP contribution is 2.57. The van der Waals surface area contributed by atoms with Crippen molar-refractivity contribution in [2.45, 2.75) is 37.1 Å². The van der Waals surface area contributed by atoms with E-state index in [4.69, 9.17) is 30.5 Å². The molecule has 1 saturated heterocycles. The average Bonchev–Trinajstić information content (AvgIpc) is 3.33. The highest BCUT2D eigenvalue weighted by Gasteiger charge is 2.66. The Morgan fingerprint density at radius 2 is 1.82 bits per heavy atom. The van der Waals surface area contributed by atoms with Crippen LogP contribution in [0.4, 0.5) is 0 Å². The molecule has 2 aliphatic heterocycles. The van der Waals surface area contributed by atoms with Crippen LogP contribution >= 0.6 is 11.6 Å². The molecule has 1 spiro atoms. The van der Waals surface area contributed by atoms with Crippen LogP contribution in [0.15, 0.2) is 30.3 Å². The molecule has 6 atom stereocenters. The van der Waals surface area contributed by atoms with Crippen LogP contribution in [0, 0.1) is 11.8 Å². The van der Waals surface area contributed by atoms with Gasteiger partial charge in [-0.2, -0.15) is 0 Å². The van der Waals surface area contributed by atoms with Crippen molar-refractivity contribution in [3.63, 3.8) is 0 Å². The fraction of sp³-hybridized carbons (Fsp3) is 0.480. The molecule has 1 aliphatic carbocycles. The van der Waals surface area contributed by atoms with Crippen LogP contribution in [0.1, 0.15) is 35.3 Å². The Morgan fingerprint density at radius 3 is 2.44 bits per heavy atom. The number of benzene rings is 2. The Balaban J connectivity index is 1.59. The van der Waals surface area contributed by atoms with Gasteiger partial charge in [0.1, 0.15) is 33.9 Å². The Labute approximate surface area is 203 Å². The van der Waals surface area contributed by atoms with Crippen LogP contribution in [0.3, 0.4) is 0 Å². The molecular weight excluding hydrogens is 460 g/mol. The number of hydrazine groups is 1. The van der Waals surface area contributed by atoms with E-state index < -0.39 is 11.7 Å². The number of nitrogens with zero attached hydrogens (tertiary/aromatic N) is 1. The van der Waals surface area contributed by atoms with Crippen LogP contribution in [-0.4, -0.2) is 62.0 Å². The smallest absolute Gasteiger partial charge is 0.216 e. The van der Waals surface area contributed by atoms with Crippen LogP contribution in [0.2, 0.25) is 5.02 Å². The molecule has 2 fully saturated rings. The fourth-order valence-electron chi connectivity index (χ4n) is 6.03. The molecule has 0 aromatic heterocycles. The monoisotopic (exact) mass is 488 g/mol. The van der Waals surface area contributed by atoms with E-state index in [0.717, 1.165) is 11.3 Å². The molecule has 2 heterocycles. The number of ketones is 1. The Hall–Kier alpha value is -2.52. The van der Waals surface area contributed by atoms with Gasteiger partial charge in [-0.1, -0.05) is 30.7 Å². The third kappa shape index (κ3) is 3.05. The number of aliphatic hydroxyl groups is 1. The SMILES string of the molecule is COc1ccc(C2C3C(C[C@@H](C)[C@]4(Oc5c(Cl)c(OC)cc(OC)c5C4=O)C3O)NN2C)cc1. The second-order valence-corrected chi connectivity index (χ2v) is 9.62. The van der Waals surface area contributed by atoms with E-state index >= 15 is 0 Å². The van der Waals surface area contributed by atoms with Gasteiger partial charge in [-0.15, -0.1) is 0 Å². The molecule has 8 nitrogen and oxygen atoms in total. The molecule has 2 aromatic rings. The number of ether oxygens (including phenoxy) is 4. The van der Waals surface area contributed by atoms with Crippen LogP contribution < -0.4 is 24.4 Å². The summed E-state index contributed by atoms with van der Waals surface area (Å²) < 4.78 is 22.5. The molecule has 34 heavy (non-hydrogen) atoms. The van der Waals surface area contributed by atoms with Crippen molar-refractivity contribution in [2.24, 2.45) is 11.8 Å². The second kappa shape index (κ2) is 8.30. The maximum absolute atomic E-state index is 14.0. The minimum absolute atomic E-state index is 0.0280. The molecule has 4 unspecified atom stereocenters. The summed E-state index contributed by atoms with van der Waals surface area (Å²) in [6, 6.07) is 9.13. The molecule has 2 N–H and O–H groups in total. The third-order valence-electron chi connectivity index (χ3n) is 7.66. The number of halogens is 1. The lowest BCUT2D eigenvalue weighted by Gasteiger charge is -2.47. The van der Waals surface area contributed by atoms with Gasteiger partial charge in [0, 0.05) is 31.0 Å². The lowest BCUT2D eigenvalue weighted by molar-refractivity contribution is -0.111. The molecule has 1 saturated carbocycles.